The van der Waals surface area contributed by atoms with E-state index in [0.717, 1.165) is 29.5 Å². The van der Waals surface area contributed by atoms with Crippen LogP contribution in [0.25, 0.3) is 0 Å². The minimum atomic E-state index is -1.65. The molecule has 0 aromatic heterocycles. The lowest BCUT2D eigenvalue weighted by molar-refractivity contribution is -0.114. The molecule has 0 fully saturated rings. The van der Waals surface area contributed by atoms with Crippen molar-refractivity contribution >= 4 is 35.0 Å². The topological polar surface area (TPSA) is 58.2 Å². The van der Waals surface area contributed by atoms with Crippen LogP contribution in [0, 0.1) is 24.4 Å². The van der Waals surface area contributed by atoms with Crippen LogP contribution in [0.3, 0.4) is 0 Å². The molecule has 0 bridgehead atoms. The van der Waals surface area contributed by atoms with E-state index in [4.69, 9.17) is 0 Å². The number of aryl methyl sites for hydroxylation is 1. The Labute approximate surface area is 146 Å². The maximum absolute atomic E-state index is 13.4. The van der Waals surface area contributed by atoms with Gasteiger partial charge >= 0.3 is 0 Å². The lowest BCUT2D eigenvalue weighted by atomic mass is 10.2. The SMILES string of the molecule is Cc1ccc(NC(=O)CSCC(=O)Nc2ccc(F)c(F)c2F)cc1. The van der Waals surface area contributed by atoms with Gasteiger partial charge in [0.1, 0.15) is 0 Å². The molecule has 0 spiro atoms. The molecule has 8 heteroatoms. The van der Waals surface area contributed by atoms with Gasteiger partial charge in [-0.25, -0.2) is 13.2 Å². The number of nitrogens with one attached hydrogen (secondary N) is 2. The van der Waals surface area contributed by atoms with Gasteiger partial charge < -0.3 is 10.6 Å². The lowest BCUT2D eigenvalue weighted by Crippen LogP contribution is -2.19. The van der Waals surface area contributed by atoms with Crippen molar-refractivity contribution in [2.75, 3.05) is 22.1 Å². The number of carbonyl (C=O) groups is 2. The second-order valence-corrected chi connectivity index (χ2v) is 6.16. The van der Waals surface area contributed by atoms with Crippen molar-refractivity contribution in [1.82, 2.24) is 0 Å². The van der Waals surface area contributed by atoms with Crippen LogP contribution in [0.2, 0.25) is 0 Å². The molecule has 0 aliphatic carbocycles. The maximum Gasteiger partial charge on any atom is 0.234 e. The Morgan fingerprint density at radius 1 is 0.880 bits per heavy atom. The summed E-state index contributed by atoms with van der Waals surface area (Å²) in [6.45, 7) is 1.93. The fourth-order valence-corrected chi connectivity index (χ4v) is 2.50. The molecular weight excluding hydrogens is 353 g/mol. The predicted molar refractivity (Wildman–Crippen MR) is 92.1 cm³/mol. The van der Waals surface area contributed by atoms with Gasteiger partial charge in [-0.1, -0.05) is 17.7 Å². The van der Waals surface area contributed by atoms with Gasteiger partial charge in [-0.2, -0.15) is 0 Å². The van der Waals surface area contributed by atoms with E-state index in [2.05, 4.69) is 10.6 Å². The van der Waals surface area contributed by atoms with Crippen molar-refractivity contribution in [2.24, 2.45) is 0 Å². The molecule has 2 amide bonds. The molecule has 0 atom stereocenters. The summed E-state index contributed by atoms with van der Waals surface area (Å²) in [7, 11) is 0. The molecule has 25 heavy (non-hydrogen) atoms. The van der Waals surface area contributed by atoms with Crippen molar-refractivity contribution in [3.63, 3.8) is 0 Å². The molecule has 4 nitrogen and oxygen atoms in total. The van der Waals surface area contributed by atoms with Gasteiger partial charge in [0.15, 0.2) is 17.5 Å². The molecule has 132 valence electrons. The molecule has 2 rings (SSSR count). The first kappa shape index (κ1) is 18.9. The Morgan fingerprint density at radius 2 is 1.48 bits per heavy atom. The molecule has 0 unspecified atom stereocenters. The van der Waals surface area contributed by atoms with E-state index in [0.29, 0.717) is 5.69 Å². The highest BCUT2D eigenvalue weighted by molar-refractivity contribution is 8.00. The van der Waals surface area contributed by atoms with Crippen LogP contribution in [0.4, 0.5) is 24.5 Å². The second-order valence-electron chi connectivity index (χ2n) is 5.18. The first-order chi connectivity index (χ1) is 11.9. The average molecular weight is 368 g/mol. The summed E-state index contributed by atoms with van der Waals surface area (Å²) in [5.41, 5.74) is 1.26. The van der Waals surface area contributed by atoms with Crippen LogP contribution in [-0.2, 0) is 9.59 Å². The number of halogens is 3. The van der Waals surface area contributed by atoms with E-state index < -0.39 is 29.0 Å². The molecule has 0 heterocycles. The van der Waals surface area contributed by atoms with Gasteiger partial charge in [-0.05, 0) is 31.2 Å². The summed E-state index contributed by atoms with van der Waals surface area (Å²) in [4.78, 5) is 23.5. The number of hydrogen-bond acceptors (Lipinski definition) is 3. The van der Waals surface area contributed by atoms with Gasteiger partial charge in [0.2, 0.25) is 11.8 Å². The van der Waals surface area contributed by atoms with E-state index in [1.807, 2.05) is 19.1 Å². The number of thioether (sulfide) groups is 1. The number of hydrogen-bond donors (Lipinski definition) is 2. The fraction of sp³-hybridized carbons (Fsp3) is 0.176. The molecule has 0 aliphatic heterocycles. The second kappa shape index (κ2) is 8.57. The molecule has 0 aliphatic rings. The molecule has 0 radical (unpaired) electrons. The zero-order valence-electron chi connectivity index (χ0n) is 13.2. The Hall–Kier alpha value is -2.48. The molecular formula is C17H15F3N2O2S. The predicted octanol–water partition coefficient (Wildman–Crippen LogP) is 3.72. The van der Waals surface area contributed by atoms with Crippen LogP contribution in [-0.4, -0.2) is 23.3 Å². The highest BCUT2D eigenvalue weighted by Gasteiger charge is 2.15. The number of carbonyl (C=O) groups excluding carboxylic acids is 2. The number of benzene rings is 2. The third kappa shape index (κ3) is 5.53. The quantitative estimate of drug-likeness (QED) is 0.764. The normalized spacial score (nSPS) is 10.4. The fourth-order valence-electron chi connectivity index (χ4n) is 1.88. The van der Waals surface area contributed by atoms with E-state index in [-0.39, 0.29) is 17.4 Å². The van der Waals surface area contributed by atoms with E-state index in [1.54, 1.807) is 12.1 Å². The first-order valence-corrected chi connectivity index (χ1v) is 8.40. The summed E-state index contributed by atoms with van der Waals surface area (Å²) in [5.74, 6) is -5.49. The summed E-state index contributed by atoms with van der Waals surface area (Å²) in [6, 6.07) is 8.88. The van der Waals surface area contributed by atoms with Gasteiger partial charge in [-0.15, -0.1) is 11.8 Å². The highest BCUT2D eigenvalue weighted by Crippen LogP contribution is 2.19. The minimum absolute atomic E-state index is 0.0154. The maximum atomic E-state index is 13.4. The largest absolute Gasteiger partial charge is 0.325 e. The standard InChI is InChI=1S/C17H15F3N2O2S/c1-10-2-4-11(5-3-10)21-14(23)8-25-9-15(24)22-13-7-6-12(18)16(19)17(13)20/h2-7H,8-9H2,1H3,(H,21,23)(H,22,24). The van der Waals surface area contributed by atoms with Gasteiger partial charge in [0.25, 0.3) is 0 Å². The number of anilines is 2. The number of rotatable bonds is 6. The summed E-state index contributed by atoms with van der Waals surface area (Å²) in [6.07, 6.45) is 0. The van der Waals surface area contributed by atoms with Crippen molar-refractivity contribution < 1.29 is 22.8 Å². The summed E-state index contributed by atoms with van der Waals surface area (Å²) < 4.78 is 39.3. The Morgan fingerprint density at radius 3 is 2.12 bits per heavy atom. The number of amides is 2. The Bertz CT molecular complexity index is 782. The van der Waals surface area contributed by atoms with Crippen LogP contribution in [0.1, 0.15) is 5.56 Å². The van der Waals surface area contributed by atoms with Crippen molar-refractivity contribution in [3.8, 4) is 0 Å². The van der Waals surface area contributed by atoms with Crippen molar-refractivity contribution in [2.45, 2.75) is 6.92 Å². The summed E-state index contributed by atoms with van der Waals surface area (Å²) in [5, 5.41) is 4.81. The van der Waals surface area contributed by atoms with E-state index in [9.17, 15) is 22.8 Å². The highest BCUT2D eigenvalue weighted by atomic mass is 32.2. The lowest BCUT2D eigenvalue weighted by Gasteiger charge is -2.08. The Kier molecular flexibility index (Phi) is 6.46. The molecule has 2 aromatic rings. The Balaban J connectivity index is 1.77. The molecule has 0 saturated heterocycles. The van der Waals surface area contributed by atoms with E-state index >= 15 is 0 Å². The molecule has 2 aromatic carbocycles. The smallest absolute Gasteiger partial charge is 0.234 e. The third-order valence-corrected chi connectivity index (χ3v) is 4.04. The van der Waals surface area contributed by atoms with Crippen LogP contribution in [0.5, 0.6) is 0 Å². The first-order valence-electron chi connectivity index (χ1n) is 7.24. The molecule has 0 saturated carbocycles. The van der Waals surface area contributed by atoms with Crippen LogP contribution < -0.4 is 10.6 Å². The van der Waals surface area contributed by atoms with Crippen LogP contribution in [0.15, 0.2) is 36.4 Å². The van der Waals surface area contributed by atoms with Gasteiger partial charge in [0, 0.05) is 5.69 Å². The van der Waals surface area contributed by atoms with E-state index in [1.165, 1.54) is 0 Å². The monoisotopic (exact) mass is 368 g/mol. The van der Waals surface area contributed by atoms with Crippen molar-refractivity contribution in [3.05, 3.63) is 59.4 Å². The molecule has 2 N–H and O–H groups in total. The minimum Gasteiger partial charge on any atom is -0.325 e. The third-order valence-electron chi connectivity index (χ3n) is 3.11. The zero-order valence-corrected chi connectivity index (χ0v) is 14.1. The average Bonchev–Trinajstić information content (AvgIpc) is 2.57. The van der Waals surface area contributed by atoms with Crippen molar-refractivity contribution in [1.29, 1.82) is 0 Å². The zero-order chi connectivity index (χ0) is 18.4. The van der Waals surface area contributed by atoms with Gasteiger partial charge in [0.05, 0.1) is 17.2 Å². The van der Waals surface area contributed by atoms with Crippen LogP contribution >= 0.6 is 11.8 Å². The summed E-state index contributed by atoms with van der Waals surface area (Å²) >= 11 is 1.01. The van der Waals surface area contributed by atoms with Gasteiger partial charge in [-0.3, -0.25) is 9.59 Å².